The van der Waals surface area contributed by atoms with Crippen LogP contribution in [-0.2, 0) is 24.2 Å². The highest BCUT2D eigenvalue weighted by Crippen LogP contribution is 2.23. The van der Waals surface area contributed by atoms with Gasteiger partial charge in [0.15, 0.2) is 0 Å². The summed E-state index contributed by atoms with van der Waals surface area (Å²) >= 11 is 12.5. The molecule has 3 rings (SSSR count). The Morgan fingerprint density at radius 3 is 2.45 bits per heavy atom. The number of benzene rings is 1. The molecule has 0 amide bonds. The number of alkyl halides is 1. The van der Waals surface area contributed by atoms with E-state index in [1.807, 2.05) is 37.8 Å². The number of aromatic nitrogens is 1. The van der Waals surface area contributed by atoms with E-state index in [0.29, 0.717) is 55.3 Å². The van der Waals surface area contributed by atoms with Crippen LogP contribution in [0.25, 0.3) is 0 Å². The molecule has 5 nitrogen and oxygen atoms in total. The minimum absolute atomic E-state index is 0.0545. The standard InChI is InChI=1S/C23H27Cl2FN2O3/c1-23(2,3)31-22(30)16-6-4-15(5-7-16)8-11-28-20(14-27-10-9-17(26)13-27)18(24)12-19(25)21(28)29/h4-7,12,17H,8-11,13-14H2,1-3H3/t17-/m1/s1. The minimum Gasteiger partial charge on any atom is -0.456 e. The van der Waals surface area contributed by atoms with Gasteiger partial charge in [-0.25, -0.2) is 9.18 Å². The first-order valence-electron chi connectivity index (χ1n) is 10.3. The lowest BCUT2D eigenvalue weighted by Gasteiger charge is -2.21. The van der Waals surface area contributed by atoms with Crippen molar-refractivity contribution in [1.82, 2.24) is 9.47 Å². The molecule has 1 aliphatic heterocycles. The number of esters is 1. The van der Waals surface area contributed by atoms with E-state index < -0.39 is 11.8 Å². The number of ether oxygens (including phenoxy) is 1. The Morgan fingerprint density at radius 2 is 1.87 bits per heavy atom. The Morgan fingerprint density at radius 1 is 1.19 bits per heavy atom. The van der Waals surface area contributed by atoms with Crippen LogP contribution in [0.5, 0.6) is 0 Å². The number of halogens is 3. The second-order valence-corrected chi connectivity index (χ2v) is 9.63. The molecule has 1 saturated heterocycles. The molecule has 8 heteroatoms. The average Bonchev–Trinajstić information content (AvgIpc) is 3.09. The van der Waals surface area contributed by atoms with Crippen molar-refractivity contribution in [2.24, 2.45) is 0 Å². The lowest BCUT2D eigenvalue weighted by molar-refractivity contribution is 0.00695. The monoisotopic (exact) mass is 468 g/mol. The summed E-state index contributed by atoms with van der Waals surface area (Å²) in [5.74, 6) is -0.379. The highest BCUT2D eigenvalue weighted by Gasteiger charge is 2.24. The maximum absolute atomic E-state index is 13.6. The third-order valence-electron chi connectivity index (χ3n) is 5.11. The van der Waals surface area contributed by atoms with Crippen LogP contribution in [0.15, 0.2) is 35.1 Å². The lowest BCUT2D eigenvalue weighted by Crippen LogP contribution is -2.30. The van der Waals surface area contributed by atoms with Crippen molar-refractivity contribution in [3.05, 3.63) is 67.6 Å². The average molecular weight is 469 g/mol. The van der Waals surface area contributed by atoms with Crippen LogP contribution in [0.4, 0.5) is 4.39 Å². The van der Waals surface area contributed by atoms with Gasteiger partial charge in [-0.2, -0.15) is 0 Å². The van der Waals surface area contributed by atoms with Crippen molar-refractivity contribution in [2.75, 3.05) is 13.1 Å². The van der Waals surface area contributed by atoms with Crippen molar-refractivity contribution in [1.29, 1.82) is 0 Å². The van der Waals surface area contributed by atoms with E-state index in [1.54, 1.807) is 16.7 Å². The molecule has 0 saturated carbocycles. The van der Waals surface area contributed by atoms with E-state index in [4.69, 9.17) is 27.9 Å². The van der Waals surface area contributed by atoms with Crippen LogP contribution in [0.1, 0.15) is 48.8 Å². The topological polar surface area (TPSA) is 51.5 Å². The van der Waals surface area contributed by atoms with Crippen LogP contribution in [0, 0.1) is 0 Å². The summed E-state index contributed by atoms with van der Waals surface area (Å²) in [6.45, 7) is 7.18. The molecule has 0 bridgehead atoms. The molecule has 31 heavy (non-hydrogen) atoms. The zero-order valence-electron chi connectivity index (χ0n) is 18.0. The number of nitrogens with zero attached hydrogens (tertiary/aromatic N) is 2. The predicted octanol–water partition coefficient (Wildman–Crippen LogP) is 4.90. The van der Waals surface area contributed by atoms with Gasteiger partial charge in [0.05, 0.1) is 16.3 Å². The largest absolute Gasteiger partial charge is 0.456 e. The fourth-order valence-corrected chi connectivity index (χ4v) is 4.10. The number of pyridine rings is 1. The van der Waals surface area contributed by atoms with Gasteiger partial charge in [0.1, 0.15) is 16.8 Å². The van der Waals surface area contributed by atoms with Crippen LogP contribution in [-0.4, -0.2) is 40.3 Å². The fourth-order valence-electron chi connectivity index (χ4n) is 3.56. The third-order valence-corrected chi connectivity index (χ3v) is 5.70. The molecule has 1 atom stereocenters. The molecule has 0 N–H and O–H groups in total. The fraction of sp³-hybridized carbons (Fsp3) is 0.478. The molecular weight excluding hydrogens is 442 g/mol. The van der Waals surface area contributed by atoms with Crippen LogP contribution < -0.4 is 5.56 Å². The Bertz CT molecular complexity index is 1000. The SMILES string of the molecule is CC(C)(C)OC(=O)c1ccc(CCn2c(CN3CC[C@@H](F)C3)c(Cl)cc(Cl)c2=O)cc1. The molecule has 0 radical (unpaired) electrons. The Kier molecular flexibility index (Phi) is 7.45. The Labute approximate surface area is 191 Å². The molecule has 168 valence electrons. The molecule has 1 aromatic heterocycles. The van der Waals surface area contributed by atoms with Gasteiger partial charge in [0, 0.05) is 26.2 Å². The summed E-state index contributed by atoms with van der Waals surface area (Å²) < 4.78 is 20.5. The zero-order valence-corrected chi connectivity index (χ0v) is 19.5. The number of hydrogen-bond acceptors (Lipinski definition) is 4. The van der Waals surface area contributed by atoms with Crippen molar-refractivity contribution >= 4 is 29.2 Å². The number of likely N-dealkylation sites (tertiary alicyclic amines) is 1. The van der Waals surface area contributed by atoms with Crippen molar-refractivity contribution in [3.8, 4) is 0 Å². The Hall–Kier alpha value is -1.89. The van der Waals surface area contributed by atoms with Gasteiger partial charge in [-0.1, -0.05) is 35.3 Å². The number of rotatable bonds is 6. The van der Waals surface area contributed by atoms with Gasteiger partial charge in [-0.3, -0.25) is 9.69 Å². The third kappa shape index (κ3) is 6.31. The molecular formula is C23H27Cl2FN2O3. The molecule has 0 unspecified atom stereocenters. The zero-order chi connectivity index (χ0) is 22.8. The van der Waals surface area contributed by atoms with E-state index in [1.165, 1.54) is 6.07 Å². The summed E-state index contributed by atoms with van der Waals surface area (Å²) in [4.78, 5) is 26.8. The van der Waals surface area contributed by atoms with Gasteiger partial charge in [-0.15, -0.1) is 0 Å². The van der Waals surface area contributed by atoms with Gasteiger partial charge in [-0.05, 0) is 57.4 Å². The quantitative estimate of drug-likeness (QED) is 0.565. The molecule has 0 aliphatic carbocycles. The number of carbonyl (C=O) groups excluding carboxylic acids is 1. The first-order chi connectivity index (χ1) is 14.5. The van der Waals surface area contributed by atoms with E-state index in [-0.39, 0.29) is 16.6 Å². The van der Waals surface area contributed by atoms with E-state index in [2.05, 4.69) is 0 Å². The summed E-state index contributed by atoms with van der Waals surface area (Å²) in [6, 6.07) is 8.55. The smallest absolute Gasteiger partial charge is 0.338 e. The summed E-state index contributed by atoms with van der Waals surface area (Å²) in [5.41, 5.74) is 1.18. The summed E-state index contributed by atoms with van der Waals surface area (Å²) in [6.07, 6.45) is 0.179. The number of aryl methyl sites for hydroxylation is 1. The molecule has 2 heterocycles. The van der Waals surface area contributed by atoms with Crippen molar-refractivity contribution < 1.29 is 13.9 Å². The van der Waals surface area contributed by atoms with Crippen LogP contribution >= 0.6 is 23.2 Å². The second-order valence-electron chi connectivity index (χ2n) is 8.81. The maximum Gasteiger partial charge on any atom is 0.338 e. The van der Waals surface area contributed by atoms with Gasteiger partial charge in [0.25, 0.3) is 5.56 Å². The molecule has 1 fully saturated rings. The molecule has 2 aromatic rings. The minimum atomic E-state index is -0.852. The van der Waals surface area contributed by atoms with E-state index >= 15 is 0 Å². The summed E-state index contributed by atoms with van der Waals surface area (Å²) in [7, 11) is 0. The number of hydrogen-bond donors (Lipinski definition) is 0. The Balaban J connectivity index is 1.75. The molecule has 1 aliphatic rings. The van der Waals surface area contributed by atoms with Gasteiger partial charge in [0.2, 0.25) is 0 Å². The highest BCUT2D eigenvalue weighted by atomic mass is 35.5. The number of carbonyl (C=O) groups is 1. The maximum atomic E-state index is 13.6. The predicted molar refractivity (Wildman–Crippen MR) is 121 cm³/mol. The van der Waals surface area contributed by atoms with Crippen LogP contribution in [0.2, 0.25) is 10.0 Å². The normalized spacial score (nSPS) is 17.2. The highest BCUT2D eigenvalue weighted by molar-refractivity contribution is 6.34. The van der Waals surface area contributed by atoms with Gasteiger partial charge < -0.3 is 9.30 Å². The van der Waals surface area contributed by atoms with E-state index in [9.17, 15) is 14.0 Å². The second kappa shape index (κ2) is 9.72. The molecule has 0 spiro atoms. The first kappa shape index (κ1) is 23.8. The van der Waals surface area contributed by atoms with Crippen molar-refractivity contribution in [2.45, 2.75) is 58.5 Å². The van der Waals surface area contributed by atoms with E-state index in [0.717, 1.165) is 5.56 Å². The molecule has 1 aromatic carbocycles. The van der Waals surface area contributed by atoms with Crippen molar-refractivity contribution in [3.63, 3.8) is 0 Å². The first-order valence-corrected chi connectivity index (χ1v) is 11.1. The lowest BCUT2D eigenvalue weighted by atomic mass is 10.1. The van der Waals surface area contributed by atoms with Gasteiger partial charge >= 0.3 is 5.97 Å². The van der Waals surface area contributed by atoms with Crippen LogP contribution in [0.3, 0.4) is 0 Å². The summed E-state index contributed by atoms with van der Waals surface area (Å²) in [5, 5.41) is 0.450.